The molecular weight excluding hydrogens is 290 g/mol. The summed E-state index contributed by atoms with van der Waals surface area (Å²) in [5, 5.41) is 6.01. The molecule has 5 nitrogen and oxygen atoms in total. The fourth-order valence-electron chi connectivity index (χ4n) is 3.17. The summed E-state index contributed by atoms with van der Waals surface area (Å²) in [6.07, 6.45) is 1.94. The van der Waals surface area contributed by atoms with Crippen LogP contribution in [0.5, 0.6) is 0 Å². The third-order valence-corrected chi connectivity index (χ3v) is 4.02. The van der Waals surface area contributed by atoms with Crippen LogP contribution in [0.15, 0.2) is 30.3 Å². The summed E-state index contributed by atoms with van der Waals surface area (Å²) in [6.45, 7) is 7.04. The quantitative estimate of drug-likeness (QED) is 0.871. The van der Waals surface area contributed by atoms with E-state index >= 15 is 0 Å². The van der Waals surface area contributed by atoms with Crippen molar-refractivity contribution in [3.8, 4) is 0 Å². The molecule has 0 aliphatic carbocycles. The van der Waals surface area contributed by atoms with Gasteiger partial charge in [0.1, 0.15) is 6.04 Å². The number of hydrogen-bond acceptors (Lipinski definition) is 3. The van der Waals surface area contributed by atoms with Gasteiger partial charge < -0.3 is 10.6 Å². The van der Waals surface area contributed by atoms with Gasteiger partial charge in [0.05, 0.1) is 0 Å². The predicted molar refractivity (Wildman–Crippen MR) is 90.9 cm³/mol. The number of carbonyl (C=O) groups excluding carboxylic acids is 2. The summed E-state index contributed by atoms with van der Waals surface area (Å²) in [4.78, 5) is 26.2. The number of hydrogen-bond donors (Lipinski definition) is 2. The summed E-state index contributed by atoms with van der Waals surface area (Å²) in [5.41, 5.74) is 0.995. The molecule has 1 aromatic carbocycles. The van der Waals surface area contributed by atoms with Crippen LogP contribution in [0.3, 0.4) is 0 Å². The van der Waals surface area contributed by atoms with E-state index in [-0.39, 0.29) is 29.9 Å². The molecule has 1 fully saturated rings. The number of carbonyl (C=O) groups is 2. The van der Waals surface area contributed by atoms with Gasteiger partial charge in [0.15, 0.2) is 0 Å². The van der Waals surface area contributed by atoms with Crippen LogP contribution in [0, 0.1) is 0 Å². The monoisotopic (exact) mass is 317 g/mol. The standard InChI is InChI=1S/C18H27N3O2/c1-13(2)19-18(23)17(15-8-5-4-6-9-15)21-11-7-10-16(12-21)20-14(3)22/h4-6,8-9,13,16-17H,7,10-12H2,1-3H3,(H,19,23)(H,20,22)/t16-,17+/m0/s1. The molecule has 1 aromatic rings. The van der Waals surface area contributed by atoms with Crippen molar-refractivity contribution in [2.75, 3.05) is 13.1 Å². The highest BCUT2D eigenvalue weighted by atomic mass is 16.2. The Morgan fingerprint density at radius 2 is 1.91 bits per heavy atom. The van der Waals surface area contributed by atoms with Crippen LogP contribution in [0.25, 0.3) is 0 Å². The molecule has 1 aliphatic rings. The third kappa shape index (κ3) is 5.06. The molecule has 0 radical (unpaired) electrons. The van der Waals surface area contributed by atoms with Gasteiger partial charge >= 0.3 is 0 Å². The van der Waals surface area contributed by atoms with Gasteiger partial charge in [0, 0.05) is 25.6 Å². The van der Waals surface area contributed by atoms with E-state index in [4.69, 9.17) is 0 Å². The number of amides is 2. The van der Waals surface area contributed by atoms with E-state index in [1.54, 1.807) is 6.92 Å². The van der Waals surface area contributed by atoms with Gasteiger partial charge in [-0.25, -0.2) is 0 Å². The lowest BCUT2D eigenvalue weighted by Crippen LogP contribution is -2.51. The van der Waals surface area contributed by atoms with Gasteiger partial charge in [-0.2, -0.15) is 0 Å². The summed E-state index contributed by atoms with van der Waals surface area (Å²) >= 11 is 0. The van der Waals surface area contributed by atoms with Gasteiger partial charge in [-0.3, -0.25) is 14.5 Å². The maximum Gasteiger partial charge on any atom is 0.242 e. The zero-order valence-corrected chi connectivity index (χ0v) is 14.2. The molecule has 0 saturated carbocycles. The van der Waals surface area contributed by atoms with E-state index in [0.717, 1.165) is 24.9 Å². The highest BCUT2D eigenvalue weighted by molar-refractivity contribution is 5.83. The molecule has 1 heterocycles. The van der Waals surface area contributed by atoms with Gasteiger partial charge in [-0.1, -0.05) is 30.3 Å². The van der Waals surface area contributed by atoms with Crippen LogP contribution in [0.1, 0.15) is 45.2 Å². The largest absolute Gasteiger partial charge is 0.352 e. The van der Waals surface area contributed by atoms with Crippen molar-refractivity contribution in [3.05, 3.63) is 35.9 Å². The molecule has 0 spiro atoms. The van der Waals surface area contributed by atoms with Crippen molar-refractivity contribution >= 4 is 11.8 Å². The summed E-state index contributed by atoms with van der Waals surface area (Å²) in [5.74, 6) is 0.00872. The van der Waals surface area contributed by atoms with Crippen molar-refractivity contribution in [2.24, 2.45) is 0 Å². The lowest BCUT2D eigenvalue weighted by Gasteiger charge is -2.38. The predicted octanol–water partition coefficient (Wildman–Crippen LogP) is 1.85. The van der Waals surface area contributed by atoms with E-state index in [1.807, 2.05) is 44.2 Å². The van der Waals surface area contributed by atoms with E-state index in [9.17, 15) is 9.59 Å². The highest BCUT2D eigenvalue weighted by Gasteiger charge is 2.32. The Labute approximate surface area is 138 Å². The summed E-state index contributed by atoms with van der Waals surface area (Å²) in [6, 6.07) is 9.76. The molecule has 2 atom stereocenters. The Morgan fingerprint density at radius 1 is 1.22 bits per heavy atom. The molecule has 0 aromatic heterocycles. The molecule has 126 valence electrons. The Morgan fingerprint density at radius 3 is 2.52 bits per heavy atom. The zero-order valence-electron chi connectivity index (χ0n) is 14.2. The molecule has 5 heteroatoms. The van der Waals surface area contributed by atoms with Crippen LogP contribution in [-0.4, -0.2) is 41.9 Å². The number of piperidine rings is 1. The van der Waals surface area contributed by atoms with Crippen molar-refractivity contribution < 1.29 is 9.59 Å². The Balaban J connectivity index is 2.19. The van der Waals surface area contributed by atoms with E-state index < -0.39 is 0 Å². The van der Waals surface area contributed by atoms with Crippen molar-refractivity contribution in [2.45, 2.75) is 51.7 Å². The van der Waals surface area contributed by atoms with Gasteiger partial charge in [-0.15, -0.1) is 0 Å². The molecule has 1 saturated heterocycles. The molecule has 0 bridgehead atoms. The van der Waals surface area contributed by atoms with Crippen LogP contribution < -0.4 is 10.6 Å². The van der Waals surface area contributed by atoms with Crippen LogP contribution in [-0.2, 0) is 9.59 Å². The topological polar surface area (TPSA) is 61.4 Å². The van der Waals surface area contributed by atoms with E-state index in [1.165, 1.54) is 0 Å². The van der Waals surface area contributed by atoms with Gasteiger partial charge in [0.2, 0.25) is 11.8 Å². The minimum Gasteiger partial charge on any atom is -0.352 e. The Bertz CT molecular complexity index is 530. The minimum atomic E-state index is -0.310. The Kier molecular flexibility index (Phi) is 6.16. The van der Waals surface area contributed by atoms with Crippen molar-refractivity contribution in [1.82, 2.24) is 15.5 Å². The highest BCUT2D eigenvalue weighted by Crippen LogP contribution is 2.25. The molecule has 1 aliphatic heterocycles. The van der Waals surface area contributed by atoms with E-state index in [2.05, 4.69) is 15.5 Å². The third-order valence-electron chi connectivity index (χ3n) is 4.02. The fraction of sp³-hybridized carbons (Fsp3) is 0.556. The molecule has 2 N–H and O–H groups in total. The van der Waals surface area contributed by atoms with Crippen LogP contribution in [0.4, 0.5) is 0 Å². The SMILES string of the molecule is CC(=O)N[C@H]1CCCN([C@@H](C(=O)NC(C)C)c2ccccc2)C1. The molecule has 0 unspecified atom stereocenters. The first-order chi connectivity index (χ1) is 11.0. The van der Waals surface area contributed by atoms with Crippen LogP contribution >= 0.6 is 0 Å². The van der Waals surface area contributed by atoms with Crippen LogP contribution in [0.2, 0.25) is 0 Å². The second-order valence-corrected chi connectivity index (χ2v) is 6.51. The number of benzene rings is 1. The van der Waals surface area contributed by atoms with Crippen molar-refractivity contribution in [1.29, 1.82) is 0 Å². The lowest BCUT2D eigenvalue weighted by molar-refractivity contribution is -0.127. The first kappa shape index (κ1) is 17.5. The Hall–Kier alpha value is -1.88. The second-order valence-electron chi connectivity index (χ2n) is 6.51. The fourth-order valence-corrected chi connectivity index (χ4v) is 3.17. The van der Waals surface area contributed by atoms with Gasteiger partial charge in [-0.05, 0) is 38.8 Å². The molecule has 2 amide bonds. The smallest absolute Gasteiger partial charge is 0.242 e. The maximum absolute atomic E-state index is 12.7. The zero-order chi connectivity index (χ0) is 16.8. The first-order valence-electron chi connectivity index (χ1n) is 8.34. The minimum absolute atomic E-state index is 0.0141. The average Bonchev–Trinajstić information content (AvgIpc) is 2.47. The second kappa shape index (κ2) is 8.11. The summed E-state index contributed by atoms with van der Waals surface area (Å²) in [7, 11) is 0. The molecular formula is C18H27N3O2. The average molecular weight is 317 g/mol. The molecule has 2 rings (SSSR count). The van der Waals surface area contributed by atoms with Gasteiger partial charge in [0.25, 0.3) is 0 Å². The van der Waals surface area contributed by atoms with Crippen molar-refractivity contribution in [3.63, 3.8) is 0 Å². The normalized spacial score (nSPS) is 20.1. The number of nitrogens with one attached hydrogen (secondary N) is 2. The number of nitrogens with zero attached hydrogens (tertiary/aromatic N) is 1. The van der Waals surface area contributed by atoms with E-state index in [0.29, 0.717) is 6.54 Å². The first-order valence-corrected chi connectivity index (χ1v) is 8.34. The molecule has 23 heavy (non-hydrogen) atoms. The number of rotatable bonds is 5. The maximum atomic E-state index is 12.7. The number of likely N-dealkylation sites (tertiary alicyclic amines) is 1. The lowest BCUT2D eigenvalue weighted by atomic mass is 9.98. The summed E-state index contributed by atoms with van der Waals surface area (Å²) < 4.78 is 0.